The zero-order valence-electron chi connectivity index (χ0n) is 37.3. The summed E-state index contributed by atoms with van der Waals surface area (Å²) in [7, 11) is 9.41. The summed E-state index contributed by atoms with van der Waals surface area (Å²) in [5.41, 5.74) is -0.966. The van der Waals surface area contributed by atoms with Gasteiger partial charge in [-0.15, -0.1) is 0 Å². The Kier molecular flexibility index (Phi) is 17.7. The number of hydrogen-bond donors (Lipinski definition) is 2. The Morgan fingerprint density at radius 3 is 2.56 bits per heavy atom. The predicted octanol–water partition coefficient (Wildman–Crippen LogP) is 7.21. The molecule has 2 N–H and O–H groups in total. The van der Waals surface area contributed by atoms with E-state index in [1.807, 2.05) is 19.9 Å². The minimum atomic E-state index is -1.84. The van der Waals surface area contributed by atoms with Crippen molar-refractivity contribution in [3.8, 4) is 5.75 Å². The Morgan fingerprint density at radius 1 is 1.20 bits per heavy atom. The van der Waals surface area contributed by atoms with Gasteiger partial charge in [-0.1, -0.05) is 70.8 Å². The van der Waals surface area contributed by atoms with Crippen molar-refractivity contribution in [3.05, 3.63) is 46.5 Å². The zero-order chi connectivity index (χ0) is 45.4. The third-order valence-corrected chi connectivity index (χ3v) is 15.6. The van der Waals surface area contributed by atoms with Gasteiger partial charge in [-0.25, -0.2) is 9.59 Å². The molecule has 3 amide bonds. The first-order valence-corrected chi connectivity index (χ1v) is 23.5. The number of nitrogens with zero attached hydrogens (tertiary/aromatic N) is 2. The van der Waals surface area contributed by atoms with Crippen LogP contribution in [0.1, 0.15) is 99.0 Å². The summed E-state index contributed by atoms with van der Waals surface area (Å²) >= 11 is 6.80. The molecule has 4 rings (SSSR count). The van der Waals surface area contributed by atoms with Crippen molar-refractivity contribution in [1.82, 2.24) is 10.2 Å². The van der Waals surface area contributed by atoms with Gasteiger partial charge in [0.15, 0.2) is 5.72 Å². The molecule has 8 atom stereocenters. The van der Waals surface area contributed by atoms with Gasteiger partial charge in [-0.2, -0.15) is 0 Å². The number of carbonyl (C=O) groups excluding carboxylic acids is 5. The first-order valence-electron chi connectivity index (χ1n) is 20.8. The van der Waals surface area contributed by atoms with E-state index in [1.165, 1.54) is 24.0 Å². The summed E-state index contributed by atoms with van der Waals surface area (Å²) in [6, 6.07) is 2.58. The fourth-order valence-corrected chi connectivity index (χ4v) is 10.5. The van der Waals surface area contributed by atoms with E-state index in [0.29, 0.717) is 37.1 Å². The van der Waals surface area contributed by atoms with Crippen LogP contribution in [0.4, 0.5) is 10.5 Å². The number of likely N-dealkylation sites (N-methyl/N-ethyl adjacent to an activating group) is 1. The van der Waals surface area contributed by atoms with Crippen molar-refractivity contribution in [2.24, 2.45) is 5.92 Å². The molecular weight excluding hydrogens is 846 g/mol. The number of allylic oxidation sites excluding steroid dienone is 3. The number of epoxide rings is 1. The highest BCUT2D eigenvalue weighted by atomic mass is 35.5. The van der Waals surface area contributed by atoms with Crippen LogP contribution in [-0.4, -0.2) is 120 Å². The lowest BCUT2D eigenvalue weighted by Gasteiger charge is -2.42. The molecule has 7 unspecified atom stereocenters. The van der Waals surface area contributed by atoms with Crippen molar-refractivity contribution in [2.45, 2.75) is 146 Å². The van der Waals surface area contributed by atoms with E-state index in [2.05, 4.69) is 19.2 Å². The maximum absolute atomic E-state index is 14.3. The van der Waals surface area contributed by atoms with Crippen LogP contribution in [0.25, 0.3) is 0 Å². The van der Waals surface area contributed by atoms with Crippen molar-refractivity contribution >= 4 is 68.5 Å². The molecule has 0 aromatic heterocycles. The number of fused-ring (bicyclic) bond motifs is 5. The number of nitrogens with one attached hydrogen (secondary N) is 1. The summed E-state index contributed by atoms with van der Waals surface area (Å²) in [4.78, 5) is 69.1. The maximum Gasteiger partial charge on any atom is 0.409 e. The third-order valence-electron chi connectivity index (χ3n) is 11.8. The van der Waals surface area contributed by atoms with Gasteiger partial charge in [0, 0.05) is 63.3 Å². The molecule has 3 heterocycles. The first kappa shape index (κ1) is 50.4. The number of rotatable bonds is 15. The Bertz CT molecular complexity index is 1840. The highest BCUT2D eigenvalue weighted by molar-refractivity contribution is 8.77. The van der Waals surface area contributed by atoms with Crippen molar-refractivity contribution in [3.63, 3.8) is 0 Å². The number of aliphatic hydroxyl groups is 1. The second-order valence-electron chi connectivity index (χ2n) is 17.1. The van der Waals surface area contributed by atoms with Crippen molar-refractivity contribution in [1.29, 1.82) is 0 Å². The van der Waals surface area contributed by atoms with Crippen LogP contribution in [0.5, 0.6) is 5.75 Å². The standard InChI is InChI=1S/C44H64ClN3O11S2/c1-12-30(49)16-14-20-60-61-42(5,6)19-18-36(50)47(8)28(4)40(52)58-35-24-37(51)48(9)31-22-29(23-32(55-10)38(31)45)21-26(2)15-13-17-34(56-11)44(54)25-33(57-41(53)46-44)27(3)39-43(35,7)59-39/h13,15,17,22-23,27-28,33-35,39,54H,12,14,16,18-21,24-25H2,1-11H3,(H,46,53)/b17-13+,26-15+/t27?,28-,33?,34?,35?,39?,43?,44?/m0/s1. The second kappa shape index (κ2) is 21.4. The third kappa shape index (κ3) is 12.9. The fraction of sp³-hybridized carbons (Fsp3) is 0.659. The Hall–Kier alpha value is -3.28. The SMILES string of the molecule is CCC(=O)CCCSSC(C)(C)CCC(=O)N(C)[C@@H](C)C(=O)OC1CC(=O)N(C)c2cc(cc(OC)c2Cl)C/C(C)=C/C=C/C(OC)C2(O)CC(OC(=O)N2)C(C)C2OC12C. The molecule has 2 fully saturated rings. The molecule has 4 bridgehead atoms. The van der Waals surface area contributed by atoms with Gasteiger partial charge in [0.25, 0.3) is 0 Å². The molecule has 1 aromatic carbocycles. The summed E-state index contributed by atoms with van der Waals surface area (Å²) in [6.45, 7) is 13.0. The van der Waals surface area contributed by atoms with Crippen LogP contribution in [0, 0.1) is 5.92 Å². The summed E-state index contributed by atoms with van der Waals surface area (Å²) in [5.74, 6) is -0.505. The molecule has 340 valence electrons. The summed E-state index contributed by atoms with van der Waals surface area (Å²) < 4.78 is 29.2. The summed E-state index contributed by atoms with van der Waals surface area (Å²) in [6.07, 6.45) is 3.51. The fourth-order valence-electron chi connectivity index (χ4n) is 7.55. The molecular formula is C44H64ClN3O11S2. The van der Waals surface area contributed by atoms with Crippen LogP contribution >= 0.6 is 33.2 Å². The molecule has 3 aliphatic heterocycles. The van der Waals surface area contributed by atoms with E-state index in [0.717, 1.165) is 23.3 Å². The molecule has 61 heavy (non-hydrogen) atoms. The molecule has 2 saturated heterocycles. The number of hydrogen-bond acceptors (Lipinski definition) is 13. The van der Waals surface area contributed by atoms with Gasteiger partial charge < -0.3 is 38.6 Å². The quantitative estimate of drug-likeness (QED) is 0.0783. The zero-order valence-corrected chi connectivity index (χ0v) is 39.7. The molecule has 0 radical (unpaired) electrons. The Balaban J connectivity index is 1.60. The van der Waals surface area contributed by atoms with Crippen molar-refractivity contribution in [2.75, 3.05) is 39.0 Å². The van der Waals surface area contributed by atoms with E-state index < -0.39 is 65.7 Å². The number of esters is 1. The molecule has 14 nitrogen and oxygen atoms in total. The topological polar surface area (TPSA) is 174 Å². The molecule has 0 saturated carbocycles. The Labute approximate surface area is 373 Å². The van der Waals surface area contributed by atoms with Gasteiger partial charge in [0.2, 0.25) is 11.8 Å². The smallest absolute Gasteiger partial charge is 0.409 e. The van der Waals surface area contributed by atoms with Gasteiger partial charge in [-0.05, 0) is 71.6 Å². The monoisotopic (exact) mass is 909 g/mol. The van der Waals surface area contributed by atoms with Crippen LogP contribution in [0.15, 0.2) is 35.9 Å². The number of methoxy groups -OCH3 is 2. The lowest BCUT2D eigenvalue weighted by Crippen LogP contribution is -2.63. The molecule has 0 spiro atoms. The number of benzene rings is 1. The van der Waals surface area contributed by atoms with E-state index in [-0.39, 0.29) is 40.7 Å². The lowest BCUT2D eigenvalue weighted by molar-refractivity contribution is -0.162. The number of ether oxygens (including phenoxy) is 5. The number of amides is 3. The average Bonchev–Trinajstić information content (AvgIpc) is 3.91. The van der Waals surface area contributed by atoms with Gasteiger partial charge in [-0.3, -0.25) is 19.7 Å². The van der Waals surface area contributed by atoms with Crippen LogP contribution in [-0.2, 0) is 44.5 Å². The van der Waals surface area contributed by atoms with Crippen LogP contribution in [0.3, 0.4) is 0 Å². The molecule has 3 aliphatic rings. The maximum atomic E-state index is 14.3. The normalized spacial score (nSPS) is 28.9. The molecule has 0 aliphatic carbocycles. The largest absolute Gasteiger partial charge is 0.495 e. The highest BCUT2D eigenvalue weighted by Gasteiger charge is 2.64. The highest BCUT2D eigenvalue weighted by Crippen LogP contribution is 2.49. The van der Waals surface area contributed by atoms with Gasteiger partial charge in [0.1, 0.15) is 46.5 Å². The second-order valence-corrected chi connectivity index (χ2v) is 20.6. The van der Waals surface area contributed by atoms with Gasteiger partial charge in [0.05, 0.1) is 25.3 Å². The minimum absolute atomic E-state index is 0.0600. The number of ketones is 1. The minimum Gasteiger partial charge on any atom is -0.495 e. The molecule has 17 heteroatoms. The molecule has 1 aromatic rings. The average molecular weight is 911 g/mol. The van der Waals surface area contributed by atoms with E-state index in [9.17, 15) is 29.1 Å². The van der Waals surface area contributed by atoms with E-state index in [1.54, 1.807) is 80.7 Å². The number of halogens is 1. The van der Waals surface area contributed by atoms with E-state index >= 15 is 0 Å². The predicted molar refractivity (Wildman–Crippen MR) is 239 cm³/mol. The van der Waals surface area contributed by atoms with Gasteiger partial charge >= 0.3 is 12.1 Å². The number of Topliss-reactive ketones (excluding diaryl/α,β-unsaturated/α-hetero) is 1. The van der Waals surface area contributed by atoms with Crippen molar-refractivity contribution < 1.29 is 52.8 Å². The number of anilines is 1. The first-order chi connectivity index (χ1) is 28.6. The van der Waals surface area contributed by atoms with Crippen LogP contribution in [0.2, 0.25) is 5.02 Å². The van der Waals surface area contributed by atoms with Crippen LogP contribution < -0.4 is 15.0 Å². The number of alkyl carbamates (subject to hydrolysis) is 1. The lowest BCUT2D eigenvalue weighted by atomic mass is 9.83. The number of carbonyl (C=O) groups is 5. The van der Waals surface area contributed by atoms with E-state index in [4.69, 9.17) is 35.3 Å². The summed E-state index contributed by atoms with van der Waals surface area (Å²) in [5, 5.41) is 14.5. The Morgan fingerprint density at radius 2 is 1.90 bits per heavy atom.